The zero-order valence-corrected chi connectivity index (χ0v) is 10.4. The molecule has 1 N–H and O–H groups in total. The van der Waals surface area contributed by atoms with Crippen molar-refractivity contribution in [3.05, 3.63) is 16.0 Å². The van der Waals surface area contributed by atoms with Gasteiger partial charge in [-0.2, -0.15) is 0 Å². The van der Waals surface area contributed by atoms with Crippen molar-refractivity contribution in [1.29, 1.82) is 0 Å². The third-order valence-electron chi connectivity index (χ3n) is 2.52. The van der Waals surface area contributed by atoms with Crippen LogP contribution in [0.1, 0.15) is 26.2 Å². The van der Waals surface area contributed by atoms with E-state index in [9.17, 15) is 0 Å². The molecule has 4 heteroatoms. The molecule has 1 heterocycles. The van der Waals surface area contributed by atoms with E-state index in [1.807, 2.05) is 12.4 Å². The number of nitrogens with zero attached hydrogens (tertiary/aromatic N) is 2. The van der Waals surface area contributed by atoms with Gasteiger partial charge >= 0.3 is 0 Å². The lowest BCUT2D eigenvalue weighted by molar-refractivity contribution is 0.691. The lowest BCUT2D eigenvalue weighted by atomic mass is 10.2. The van der Waals surface area contributed by atoms with Crippen molar-refractivity contribution in [2.24, 2.45) is 5.92 Å². The first-order chi connectivity index (χ1) is 6.79. The topological polar surface area (TPSA) is 37.8 Å². The molecule has 0 aliphatic heterocycles. The second kappa shape index (κ2) is 4.42. The van der Waals surface area contributed by atoms with Crippen LogP contribution < -0.4 is 5.32 Å². The van der Waals surface area contributed by atoms with Gasteiger partial charge in [0, 0.05) is 22.0 Å². The van der Waals surface area contributed by atoms with Gasteiger partial charge in [-0.05, 0) is 41.4 Å². The second-order valence-corrected chi connectivity index (χ2v) is 5.01. The normalized spacial score (nSPS) is 24.7. The molecule has 2 atom stereocenters. The average Bonchev–Trinajstić information content (AvgIpc) is 2.89. The number of halogens is 1. The summed E-state index contributed by atoms with van der Waals surface area (Å²) in [5, 5.41) is 3.35. The molecule has 0 aromatic carbocycles. The van der Waals surface area contributed by atoms with Gasteiger partial charge < -0.3 is 5.32 Å². The van der Waals surface area contributed by atoms with E-state index in [-0.39, 0.29) is 0 Å². The van der Waals surface area contributed by atoms with Crippen LogP contribution in [0.3, 0.4) is 0 Å². The Balaban J connectivity index is 1.84. The maximum Gasteiger partial charge on any atom is 0.222 e. The molecule has 0 spiro atoms. The first-order valence-electron chi connectivity index (χ1n) is 5.03. The summed E-state index contributed by atoms with van der Waals surface area (Å²) < 4.78 is 1.08. The van der Waals surface area contributed by atoms with Crippen molar-refractivity contribution < 1.29 is 0 Å². The van der Waals surface area contributed by atoms with Crippen molar-refractivity contribution >= 4 is 28.5 Å². The van der Waals surface area contributed by atoms with Crippen molar-refractivity contribution in [1.82, 2.24) is 9.97 Å². The summed E-state index contributed by atoms with van der Waals surface area (Å²) in [5.74, 6) is 1.62. The molecule has 1 aliphatic carbocycles. The second-order valence-electron chi connectivity index (χ2n) is 3.76. The minimum absolute atomic E-state index is 0.620. The number of hydrogen-bond acceptors (Lipinski definition) is 3. The third-order valence-corrected chi connectivity index (χ3v) is 3.07. The quantitative estimate of drug-likeness (QED) is 0.869. The Morgan fingerprint density at radius 3 is 2.86 bits per heavy atom. The summed E-state index contributed by atoms with van der Waals surface area (Å²) in [7, 11) is 0. The van der Waals surface area contributed by atoms with Gasteiger partial charge in [-0.1, -0.05) is 13.3 Å². The molecular formula is C10H14IN3. The Kier molecular flexibility index (Phi) is 3.20. The molecule has 0 saturated heterocycles. The minimum Gasteiger partial charge on any atom is -0.351 e. The summed E-state index contributed by atoms with van der Waals surface area (Å²) in [6.07, 6.45) is 7.56. The lowest BCUT2D eigenvalue weighted by Crippen LogP contribution is -2.07. The fraction of sp³-hybridized carbons (Fsp3) is 0.600. The molecule has 2 rings (SSSR count). The molecule has 1 fully saturated rings. The van der Waals surface area contributed by atoms with E-state index < -0.39 is 0 Å². The van der Waals surface area contributed by atoms with Crippen LogP contribution in [0, 0.1) is 9.49 Å². The molecule has 2 unspecified atom stereocenters. The Hall–Kier alpha value is -0.390. The van der Waals surface area contributed by atoms with Crippen LogP contribution in [-0.4, -0.2) is 16.0 Å². The first kappa shape index (κ1) is 10.1. The van der Waals surface area contributed by atoms with E-state index >= 15 is 0 Å². The van der Waals surface area contributed by atoms with Crippen LogP contribution in [0.15, 0.2) is 12.4 Å². The molecule has 1 aromatic heterocycles. The third kappa shape index (κ3) is 2.56. The predicted molar refractivity (Wildman–Crippen MR) is 65.2 cm³/mol. The number of rotatable bonds is 4. The van der Waals surface area contributed by atoms with E-state index in [4.69, 9.17) is 0 Å². The van der Waals surface area contributed by atoms with Crippen molar-refractivity contribution in [3.8, 4) is 0 Å². The predicted octanol–water partition coefficient (Wildman–Crippen LogP) is 2.68. The van der Waals surface area contributed by atoms with E-state index in [0.717, 1.165) is 15.4 Å². The van der Waals surface area contributed by atoms with E-state index in [1.165, 1.54) is 19.3 Å². The van der Waals surface area contributed by atoms with Gasteiger partial charge in [-0.3, -0.25) is 0 Å². The molecule has 3 nitrogen and oxygen atoms in total. The summed E-state index contributed by atoms with van der Waals surface area (Å²) in [4.78, 5) is 8.45. The Labute approximate surface area is 97.9 Å². The monoisotopic (exact) mass is 303 g/mol. The van der Waals surface area contributed by atoms with Crippen LogP contribution in [0.4, 0.5) is 5.95 Å². The standard InChI is InChI=1S/C10H14IN3/c1-2-3-7-4-9(7)14-10-12-5-8(11)6-13-10/h5-7,9H,2-4H2,1H3,(H,12,13,14). The van der Waals surface area contributed by atoms with Crippen LogP contribution >= 0.6 is 22.6 Å². The minimum atomic E-state index is 0.620. The highest BCUT2D eigenvalue weighted by molar-refractivity contribution is 14.1. The highest BCUT2D eigenvalue weighted by Gasteiger charge is 2.36. The highest BCUT2D eigenvalue weighted by atomic mass is 127. The number of hydrogen-bond donors (Lipinski definition) is 1. The maximum absolute atomic E-state index is 4.22. The number of aromatic nitrogens is 2. The molecule has 1 saturated carbocycles. The van der Waals surface area contributed by atoms with Gasteiger partial charge in [0.2, 0.25) is 5.95 Å². The highest BCUT2D eigenvalue weighted by Crippen LogP contribution is 2.36. The summed E-state index contributed by atoms with van der Waals surface area (Å²) in [6, 6.07) is 0.620. The molecule has 0 bridgehead atoms. The van der Waals surface area contributed by atoms with Crippen LogP contribution in [0.5, 0.6) is 0 Å². The van der Waals surface area contributed by atoms with E-state index in [0.29, 0.717) is 6.04 Å². The van der Waals surface area contributed by atoms with E-state index in [2.05, 4.69) is 44.8 Å². The fourth-order valence-corrected chi connectivity index (χ4v) is 1.95. The Morgan fingerprint density at radius 1 is 1.50 bits per heavy atom. The zero-order chi connectivity index (χ0) is 9.97. The van der Waals surface area contributed by atoms with Gasteiger partial charge in [0.05, 0.1) is 0 Å². The van der Waals surface area contributed by atoms with Gasteiger partial charge in [0.15, 0.2) is 0 Å². The molecular weight excluding hydrogens is 289 g/mol. The van der Waals surface area contributed by atoms with E-state index in [1.54, 1.807) is 0 Å². The van der Waals surface area contributed by atoms with Gasteiger partial charge in [0.1, 0.15) is 0 Å². The largest absolute Gasteiger partial charge is 0.351 e. The zero-order valence-electron chi connectivity index (χ0n) is 8.20. The lowest BCUT2D eigenvalue weighted by Gasteiger charge is -2.02. The van der Waals surface area contributed by atoms with Gasteiger partial charge in [0.25, 0.3) is 0 Å². The van der Waals surface area contributed by atoms with Gasteiger partial charge in [-0.15, -0.1) is 0 Å². The maximum atomic E-state index is 4.22. The molecule has 1 aliphatic rings. The van der Waals surface area contributed by atoms with Crippen molar-refractivity contribution in [2.45, 2.75) is 32.2 Å². The Morgan fingerprint density at radius 2 is 2.21 bits per heavy atom. The summed E-state index contributed by atoms with van der Waals surface area (Å²) in [6.45, 7) is 2.23. The first-order valence-corrected chi connectivity index (χ1v) is 6.11. The summed E-state index contributed by atoms with van der Waals surface area (Å²) in [5.41, 5.74) is 0. The van der Waals surface area contributed by atoms with Crippen molar-refractivity contribution in [3.63, 3.8) is 0 Å². The number of anilines is 1. The van der Waals surface area contributed by atoms with Crippen LogP contribution in [0.25, 0.3) is 0 Å². The smallest absolute Gasteiger partial charge is 0.222 e. The average molecular weight is 303 g/mol. The molecule has 0 radical (unpaired) electrons. The molecule has 76 valence electrons. The fourth-order valence-electron chi connectivity index (χ4n) is 1.67. The molecule has 0 amide bonds. The van der Waals surface area contributed by atoms with Crippen molar-refractivity contribution in [2.75, 3.05) is 5.32 Å². The van der Waals surface area contributed by atoms with Gasteiger partial charge in [-0.25, -0.2) is 9.97 Å². The number of nitrogens with one attached hydrogen (secondary N) is 1. The summed E-state index contributed by atoms with van der Waals surface area (Å²) >= 11 is 2.21. The van der Waals surface area contributed by atoms with Crippen LogP contribution in [-0.2, 0) is 0 Å². The molecule has 1 aromatic rings. The van der Waals surface area contributed by atoms with Crippen LogP contribution in [0.2, 0.25) is 0 Å². The SMILES string of the molecule is CCCC1CC1Nc1ncc(I)cn1. The Bertz CT molecular complexity index is 299. The molecule has 14 heavy (non-hydrogen) atoms.